The summed E-state index contributed by atoms with van der Waals surface area (Å²) in [6.07, 6.45) is 1.59. The number of nitrogens with zero attached hydrogens (tertiary/aromatic N) is 1. The van der Waals surface area contributed by atoms with Gasteiger partial charge in [-0.25, -0.2) is 14.0 Å². The predicted molar refractivity (Wildman–Crippen MR) is 145 cm³/mol. The number of carbonyl (C=O) groups is 4. The Balaban J connectivity index is 0.000000197. The third-order valence-corrected chi connectivity index (χ3v) is 6.96. The third-order valence-electron chi connectivity index (χ3n) is 6.96. The first-order valence-corrected chi connectivity index (χ1v) is 12.8. The molecule has 0 aromatic heterocycles. The Labute approximate surface area is 231 Å². The monoisotopic (exact) mass is 547 g/mol. The Morgan fingerprint density at radius 3 is 2.42 bits per heavy atom. The summed E-state index contributed by atoms with van der Waals surface area (Å²) < 4.78 is 18.4. The summed E-state index contributed by atoms with van der Waals surface area (Å²) in [7, 11) is 3.03. The fourth-order valence-electron chi connectivity index (χ4n) is 5.02. The summed E-state index contributed by atoms with van der Waals surface area (Å²) >= 11 is 0. The molecule has 3 aliphatic heterocycles. The zero-order valence-electron chi connectivity index (χ0n) is 22.7. The summed E-state index contributed by atoms with van der Waals surface area (Å²) in [6.45, 7) is 8.43. The van der Waals surface area contributed by atoms with E-state index in [2.05, 4.69) is 39.7 Å². The van der Waals surface area contributed by atoms with Crippen LogP contribution < -0.4 is 26.0 Å². The first-order valence-electron chi connectivity index (χ1n) is 12.8. The number of imide groups is 1. The summed E-state index contributed by atoms with van der Waals surface area (Å²) in [5, 5.41) is 10.2. The summed E-state index contributed by atoms with van der Waals surface area (Å²) in [6, 6.07) is 7.37. The van der Waals surface area contributed by atoms with Gasteiger partial charge in [0.25, 0.3) is 11.8 Å². The topological polar surface area (TPSA) is 129 Å². The Kier molecular flexibility index (Phi) is 7.81. The van der Waals surface area contributed by atoms with Gasteiger partial charge in [-0.3, -0.25) is 14.9 Å². The highest BCUT2D eigenvalue weighted by Crippen LogP contribution is 2.43. The highest BCUT2D eigenvalue weighted by atomic mass is 19.1. The number of nitrogens with one attached hydrogen (secondary N) is 4. The molecule has 4 aliphatic rings. The van der Waals surface area contributed by atoms with E-state index in [0.29, 0.717) is 17.8 Å². The van der Waals surface area contributed by atoms with Crippen molar-refractivity contribution < 1.29 is 28.3 Å². The number of hydrogen-bond donors (Lipinski definition) is 4. The minimum atomic E-state index is -0.845. The van der Waals surface area contributed by atoms with Crippen molar-refractivity contribution in [2.24, 2.45) is 0 Å². The minimum absolute atomic E-state index is 0.118. The van der Waals surface area contributed by atoms with Crippen molar-refractivity contribution in [1.29, 1.82) is 0 Å². The second kappa shape index (κ2) is 11.1. The minimum Gasteiger partial charge on any atom is -0.494 e. The number of carbonyl (C=O) groups excluding carboxylic acids is 4. The van der Waals surface area contributed by atoms with Crippen molar-refractivity contribution >= 4 is 23.9 Å². The molecule has 2 unspecified atom stereocenters. The average molecular weight is 548 g/mol. The van der Waals surface area contributed by atoms with Crippen molar-refractivity contribution in [3.8, 4) is 17.6 Å². The molecule has 2 fully saturated rings. The highest BCUT2D eigenvalue weighted by molar-refractivity contribution is 6.05. The van der Waals surface area contributed by atoms with Gasteiger partial charge in [-0.1, -0.05) is 44.4 Å². The van der Waals surface area contributed by atoms with Crippen LogP contribution in [0.15, 0.2) is 42.6 Å². The molecular formula is C29H30FN5O5. The highest BCUT2D eigenvalue weighted by Gasteiger charge is 2.47. The molecule has 1 aliphatic carbocycles. The van der Waals surface area contributed by atoms with Crippen LogP contribution in [-0.2, 0) is 23.3 Å². The maximum atomic E-state index is 13.6. The molecule has 0 saturated carbocycles. The quantitative estimate of drug-likeness (QED) is 0.322. The van der Waals surface area contributed by atoms with Gasteiger partial charge < -0.3 is 25.6 Å². The molecule has 1 spiro atoms. The first kappa shape index (κ1) is 28.2. The Hall–Kier alpha value is -4.85. The van der Waals surface area contributed by atoms with E-state index in [9.17, 15) is 23.6 Å². The SMILES string of the molecule is C=C1NC(=O)NC12CCc1ccc(C#CC3NC(=O)NC3=O)cc12.CC.COc1ccc2c(c1F)C(=O)N(C)C2. The predicted octanol–water partition coefficient (Wildman–Crippen LogP) is 2.66. The van der Waals surface area contributed by atoms with Crippen molar-refractivity contribution in [2.75, 3.05) is 14.2 Å². The lowest BCUT2D eigenvalue weighted by molar-refractivity contribution is -0.119. The van der Waals surface area contributed by atoms with E-state index in [1.54, 1.807) is 19.2 Å². The van der Waals surface area contributed by atoms with E-state index in [1.807, 2.05) is 32.0 Å². The molecule has 40 heavy (non-hydrogen) atoms. The lowest BCUT2D eigenvalue weighted by Gasteiger charge is -2.24. The van der Waals surface area contributed by atoms with Crippen LogP contribution in [0, 0.1) is 17.7 Å². The Morgan fingerprint density at radius 1 is 1.07 bits per heavy atom. The van der Waals surface area contributed by atoms with E-state index in [0.717, 1.165) is 29.5 Å². The van der Waals surface area contributed by atoms with Gasteiger partial charge in [0.2, 0.25) is 0 Å². The Morgan fingerprint density at radius 2 is 1.80 bits per heavy atom. The molecule has 208 valence electrons. The third kappa shape index (κ3) is 4.96. The number of hydrogen-bond acceptors (Lipinski definition) is 5. The lowest BCUT2D eigenvalue weighted by Crippen LogP contribution is -2.37. The van der Waals surface area contributed by atoms with Crippen LogP contribution in [0.4, 0.5) is 14.0 Å². The largest absolute Gasteiger partial charge is 0.494 e. The van der Waals surface area contributed by atoms with Gasteiger partial charge in [0.05, 0.1) is 12.7 Å². The number of halogens is 1. The van der Waals surface area contributed by atoms with E-state index in [-0.39, 0.29) is 23.3 Å². The van der Waals surface area contributed by atoms with E-state index >= 15 is 0 Å². The summed E-state index contributed by atoms with van der Waals surface area (Å²) in [5.41, 5.74) is 3.72. The van der Waals surface area contributed by atoms with Crippen LogP contribution in [0.1, 0.15) is 52.9 Å². The van der Waals surface area contributed by atoms with Gasteiger partial charge in [-0.05, 0) is 47.7 Å². The van der Waals surface area contributed by atoms with Gasteiger partial charge in [0.15, 0.2) is 17.6 Å². The molecule has 4 N–H and O–H groups in total. The standard InChI is InChI=1S/C17H14N4O3.C10H10FNO2.C2H6/c1-9-17(21-16(24)18-9)7-6-11-4-2-10(8-12(11)17)3-5-13-14(22)20-15(23)19-13;1-12-5-6-3-4-7(14-2)9(11)8(6)10(12)13;1-2/h2,4,8,13H,1,6-7H2,(H2,18,21,24)(H2,19,20,22,23);3-4H,5H2,1-2H3;1-2H3. The fraction of sp³-hybridized carbons (Fsp3) is 0.310. The number of amides is 6. The first-order chi connectivity index (χ1) is 19.1. The number of methoxy groups -OCH3 is 1. The van der Waals surface area contributed by atoms with Gasteiger partial charge >= 0.3 is 12.1 Å². The fourth-order valence-corrected chi connectivity index (χ4v) is 5.02. The molecule has 0 bridgehead atoms. The van der Waals surface area contributed by atoms with E-state index in [4.69, 9.17) is 4.74 Å². The van der Waals surface area contributed by atoms with Crippen molar-refractivity contribution in [2.45, 2.75) is 44.8 Å². The van der Waals surface area contributed by atoms with Gasteiger partial charge in [-0.2, -0.15) is 0 Å². The molecule has 11 heteroatoms. The van der Waals surface area contributed by atoms with Crippen LogP contribution in [-0.4, -0.2) is 49.0 Å². The maximum Gasteiger partial charge on any atom is 0.322 e. The molecule has 0 radical (unpaired) electrons. The van der Waals surface area contributed by atoms with Gasteiger partial charge in [0, 0.05) is 24.9 Å². The molecule has 10 nitrogen and oxygen atoms in total. The van der Waals surface area contributed by atoms with Gasteiger partial charge in [-0.15, -0.1) is 0 Å². The van der Waals surface area contributed by atoms with Crippen LogP contribution in [0.2, 0.25) is 0 Å². The number of ether oxygens (including phenoxy) is 1. The summed E-state index contributed by atoms with van der Waals surface area (Å²) in [4.78, 5) is 47.3. The van der Waals surface area contributed by atoms with Crippen LogP contribution >= 0.6 is 0 Å². The van der Waals surface area contributed by atoms with E-state index < -0.39 is 29.3 Å². The van der Waals surface area contributed by atoms with Crippen LogP contribution in [0.5, 0.6) is 5.75 Å². The zero-order valence-corrected chi connectivity index (χ0v) is 22.7. The van der Waals surface area contributed by atoms with Gasteiger partial charge in [0.1, 0.15) is 5.54 Å². The second-order valence-corrected chi connectivity index (χ2v) is 9.28. The normalized spacial score (nSPS) is 21.5. The van der Waals surface area contributed by atoms with Crippen LogP contribution in [0.3, 0.4) is 0 Å². The molecule has 6 amide bonds. The molecule has 2 saturated heterocycles. The molecular weight excluding hydrogens is 517 g/mol. The molecule has 2 atom stereocenters. The summed E-state index contributed by atoms with van der Waals surface area (Å²) in [5.74, 6) is 4.49. The average Bonchev–Trinajstić information content (AvgIpc) is 3.64. The number of benzene rings is 2. The number of rotatable bonds is 1. The smallest absolute Gasteiger partial charge is 0.322 e. The number of fused-ring (bicyclic) bond motifs is 3. The van der Waals surface area contributed by atoms with Crippen LogP contribution in [0.25, 0.3) is 0 Å². The molecule has 6 rings (SSSR count). The lowest BCUT2D eigenvalue weighted by atomic mass is 9.89. The number of aryl methyl sites for hydroxylation is 1. The van der Waals surface area contributed by atoms with Crippen molar-refractivity contribution in [3.05, 3.63) is 76.2 Å². The molecule has 2 aromatic rings. The molecule has 3 heterocycles. The molecule has 2 aromatic carbocycles. The zero-order chi connectivity index (χ0) is 29.2. The van der Waals surface area contributed by atoms with Crippen molar-refractivity contribution in [3.63, 3.8) is 0 Å². The Bertz CT molecular complexity index is 1490. The second-order valence-electron chi connectivity index (χ2n) is 9.28. The van der Waals surface area contributed by atoms with E-state index in [1.165, 1.54) is 12.0 Å². The van der Waals surface area contributed by atoms with Crippen molar-refractivity contribution in [1.82, 2.24) is 26.2 Å². The number of urea groups is 2. The maximum absolute atomic E-state index is 13.6.